The lowest BCUT2D eigenvalue weighted by atomic mass is 10.3. The summed E-state index contributed by atoms with van der Waals surface area (Å²) in [5, 5.41) is 0. The van der Waals surface area contributed by atoms with Crippen LogP contribution in [0.2, 0.25) is 0 Å². The molecule has 7 heteroatoms. The summed E-state index contributed by atoms with van der Waals surface area (Å²) in [6, 6.07) is 9.59. The molecule has 5 nitrogen and oxygen atoms in total. The Morgan fingerprint density at radius 1 is 1.00 bits per heavy atom. The lowest BCUT2D eigenvalue weighted by Crippen LogP contribution is -2.13. The van der Waals surface area contributed by atoms with E-state index in [1.54, 1.807) is 18.2 Å². The average Bonchev–Trinajstić information content (AvgIpc) is 2.71. The van der Waals surface area contributed by atoms with E-state index in [1.807, 2.05) is 0 Å². The molecule has 1 N–H and O–H groups in total. The number of halogens is 1. The van der Waals surface area contributed by atoms with Crippen LogP contribution in [0.5, 0.6) is 11.5 Å². The molecule has 116 valence electrons. The van der Waals surface area contributed by atoms with Gasteiger partial charge in [-0.15, -0.1) is 0 Å². The van der Waals surface area contributed by atoms with Gasteiger partial charge in [0.1, 0.15) is 5.82 Å². The number of hydrogen-bond donors (Lipinski definition) is 1. The summed E-state index contributed by atoms with van der Waals surface area (Å²) in [5.41, 5.74) is 0.327. The molecule has 1 aliphatic heterocycles. The van der Waals surface area contributed by atoms with Crippen LogP contribution in [0.4, 0.5) is 10.1 Å². The molecule has 1 heterocycles. The van der Waals surface area contributed by atoms with Crippen molar-refractivity contribution in [3.05, 3.63) is 48.3 Å². The van der Waals surface area contributed by atoms with Crippen LogP contribution >= 0.6 is 0 Å². The zero-order chi connectivity index (χ0) is 15.6. The van der Waals surface area contributed by atoms with E-state index in [2.05, 4.69) is 4.72 Å². The summed E-state index contributed by atoms with van der Waals surface area (Å²) < 4.78 is 51.1. The minimum absolute atomic E-state index is 0.139. The third kappa shape index (κ3) is 3.14. The van der Waals surface area contributed by atoms with Crippen molar-refractivity contribution in [3.63, 3.8) is 0 Å². The zero-order valence-electron chi connectivity index (χ0n) is 11.6. The summed E-state index contributed by atoms with van der Waals surface area (Å²) in [6.45, 7) is 1.06. The highest BCUT2D eigenvalue weighted by atomic mass is 32.2. The Bertz CT molecular complexity index is 792. The number of benzene rings is 2. The molecule has 2 aromatic carbocycles. The first kappa shape index (κ1) is 14.6. The zero-order valence-corrected chi connectivity index (χ0v) is 12.4. The first-order chi connectivity index (χ1) is 10.5. The van der Waals surface area contributed by atoms with Crippen LogP contribution in [0.3, 0.4) is 0 Å². The molecule has 2 aromatic rings. The van der Waals surface area contributed by atoms with Crippen molar-refractivity contribution >= 4 is 15.7 Å². The van der Waals surface area contributed by atoms with E-state index >= 15 is 0 Å². The maximum absolute atomic E-state index is 13.2. The summed E-state index contributed by atoms with van der Waals surface area (Å²) in [7, 11) is -3.86. The van der Waals surface area contributed by atoms with Gasteiger partial charge in [-0.1, -0.05) is 6.07 Å². The van der Waals surface area contributed by atoms with Gasteiger partial charge in [0.05, 0.1) is 23.8 Å². The molecule has 3 rings (SSSR count). The van der Waals surface area contributed by atoms with Crippen LogP contribution in [-0.2, 0) is 10.0 Å². The second kappa shape index (κ2) is 5.84. The van der Waals surface area contributed by atoms with Gasteiger partial charge >= 0.3 is 0 Å². The van der Waals surface area contributed by atoms with E-state index in [0.717, 1.165) is 12.5 Å². The molecular weight excluding hydrogens is 309 g/mol. The Labute approximate surface area is 127 Å². The van der Waals surface area contributed by atoms with Gasteiger partial charge in [-0.3, -0.25) is 4.72 Å². The van der Waals surface area contributed by atoms with Crippen molar-refractivity contribution in [1.29, 1.82) is 0 Å². The molecule has 0 amide bonds. The van der Waals surface area contributed by atoms with Crippen molar-refractivity contribution in [3.8, 4) is 11.5 Å². The van der Waals surface area contributed by atoms with Gasteiger partial charge in [0.25, 0.3) is 10.0 Å². The van der Waals surface area contributed by atoms with E-state index in [9.17, 15) is 12.8 Å². The quantitative estimate of drug-likeness (QED) is 0.943. The first-order valence-corrected chi connectivity index (χ1v) is 8.21. The maximum Gasteiger partial charge on any atom is 0.261 e. The monoisotopic (exact) mass is 323 g/mol. The maximum atomic E-state index is 13.2. The molecule has 0 aromatic heterocycles. The molecule has 0 saturated carbocycles. The third-order valence-electron chi connectivity index (χ3n) is 3.11. The Balaban J connectivity index is 1.88. The highest BCUT2D eigenvalue weighted by Gasteiger charge is 2.17. The number of fused-ring (bicyclic) bond motifs is 1. The minimum Gasteiger partial charge on any atom is -0.490 e. The molecule has 0 aliphatic carbocycles. The van der Waals surface area contributed by atoms with Gasteiger partial charge in [0.15, 0.2) is 11.5 Å². The molecule has 0 radical (unpaired) electrons. The summed E-state index contributed by atoms with van der Waals surface area (Å²) >= 11 is 0. The summed E-state index contributed by atoms with van der Waals surface area (Å²) in [4.78, 5) is -0.139. The smallest absolute Gasteiger partial charge is 0.261 e. The van der Waals surface area contributed by atoms with Crippen LogP contribution in [-0.4, -0.2) is 21.6 Å². The second-order valence-electron chi connectivity index (χ2n) is 4.77. The van der Waals surface area contributed by atoms with E-state index in [0.29, 0.717) is 30.4 Å². The molecule has 0 unspecified atom stereocenters. The van der Waals surface area contributed by atoms with E-state index in [1.165, 1.54) is 18.2 Å². The third-order valence-corrected chi connectivity index (χ3v) is 4.49. The Kier molecular flexibility index (Phi) is 3.89. The van der Waals surface area contributed by atoms with E-state index in [-0.39, 0.29) is 4.90 Å². The predicted molar refractivity (Wildman–Crippen MR) is 79.3 cm³/mol. The number of rotatable bonds is 3. The Hall–Kier alpha value is -2.28. The molecule has 22 heavy (non-hydrogen) atoms. The fourth-order valence-electron chi connectivity index (χ4n) is 2.08. The van der Waals surface area contributed by atoms with Gasteiger partial charge < -0.3 is 9.47 Å². The molecule has 1 aliphatic rings. The Morgan fingerprint density at radius 3 is 2.55 bits per heavy atom. The minimum atomic E-state index is -3.86. The molecule has 0 saturated heterocycles. The van der Waals surface area contributed by atoms with Crippen molar-refractivity contribution in [1.82, 2.24) is 0 Å². The molecule has 0 atom stereocenters. The number of nitrogens with one attached hydrogen (secondary N) is 1. The number of hydrogen-bond acceptors (Lipinski definition) is 4. The SMILES string of the molecule is O=S(=O)(Nc1ccc2c(c1)OCCCO2)c1cccc(F)c1. The highest BCUT2D eigenvalue weighted by Crippen LogP contribution is 2.33. The van der Waals surface area contributed by atoms with Gasteiger partial charge in [-0.25, -0.2) is 12.8 Å². The molecular formula is C15H14FNO4S. The number of ether oxygens (including phenoxy) is 2. The Morgan fingerprint density at radius 2 is 1.77 bits per heavy atom. The van der Waals surface area contributed by atoms with Crippen LogP contribution in [0, 0.1) is 5.82 Å². The first-order valence-electron chi connectivity index (χ1n) is 6.73. The fourth-order valence-corrected chi connectivity index (χ4v) is 3.16. The molecule has 0 bridgehead atoms. The molecule has 0 spiro atoms. The van der Waals surface area contributed by atoms with E-state index in [4.69, 9.17) is 9.47 Å². The normalized spacial score (nSPS) is 14.2. The van der Waals surface area contributed by atoms with Crippen molar-refractivity contribution in [2.45, 2.75) is 11.3 Å². The van der Waals surface area contributed by atoms with Crippen molar-refractivity contribution in [2.75, 3.05) is 17.9 Å². The predicted octanol–water partition coefficient (Wildman–Crippen LogP) is 2.79. The van der Waals surface area contributed by atoms with Gasteiger partial charge in [0, 0.05) is 12.5 Å². The van der Waals surface area contributed by atoms with Crippen molar-refractivity contribution < 1.29 is 22.3 Å². The fraction of sp³-hybridized carbons (Fsp3) is 0.200. The van der Waals surface area contributed by atoms with Crippen LogP contribution < -0.4 is 14.2 Å². The number of sulfonamides is 1. The average molecular weight is 323 g/mol. The number of anilines is 1. The van der Waals surface area contributed by atoms with Crippen molar-refractivity contribution in [2.24, 2.45) is 0 Å². The van der Waals surface area contributed by atoms with Gasteiger partial charge in [-0.2, -0.15) is 0 Å². The van der Waals surface area contributed by atoms with Crippen LogP contribution in [0.15, 0.2) is 47.4 Å². The largest absolute Gasteiger partial charge is 0.490 e. The lowest BCUT2D eigenvalue weighted by Gasteiger charge is -2.11. The van der Waals surface area contributed by atoms with Gasteiger partial charge in [0.2, 0.25) is 0 Å². The van der Waals surface area contributed by atoms with E-state index < -0.39 is 15.8 Å². The summed E-state index contributed by atoms with van der Waals surface area (Å²) in [6.07, 6.45) is 0.763. The van der Waals surface area contributed by atoms with Gasteiger partial charge in [-0.05, 0) is 30.3 Å². The van der Waals surface area contributed by atoms with Crippen LogP contribution in [0.1, 0.15) is 6.42 Å². The highest BCUT2D eigenvalue weighted by molar-refractivity contribution is 7.92. The molecule has 0 fully saturated rings. The second-order valence-corrected chi connectivity index (χ2v) is 6.46. The van der Waals surface area contributed by atoms with Crippen LogP contribution in [0.25, 0.3) is 0 Å². The topological polar surface area (TPSA) is 64.6 Å². The summed E-state index contributed by atoms with van der Waals surface area (Å²) in [5.74, 6) is 0.449. The standard InChI is InChI=1S/C15H14FNO4S/c16-11-3-1-4-13(9-11)22(18,19)17-12-5-6-14-15(10-12)21-8-2-7-20-14/h1,3-6,9-10,17H,2,7-8H2. The lowest BCUT2D eigenvalue weighted by molar-refractivity contribution is 0.297.